The van der Waals surface area contributed by atoms with Crippen LogP contribution in [0.3, 0.4) is 0 Å². The molecule has 6 nitrogen and oxygen atoms in total. The molecule has 7 heteroatoms. The van der Waals surface area contributed by atoms with Crippen LogP contribution in [0.2, 0.25) is 0 Å². The van der Waals surface area contributed by atoms with Crippen molar-refractivity contribution in [3.63, 3.8) is 0 Å². The maximum Gasteiger partial charge on any atom is 0.306 e. The summed E-state index contributed by atoms with van der Waals surface area (Å²) in [5, 5.41) is 3.30. The Morgan fingerprint density at radius 2 is 1.79 bits per heavy atom. The van der Waals surface area contributed by atoms with Gasteiger partial charge in [-0.2, -0.15) is 0 Å². The van der Waals surface area contributed by atoms with E-state index in [0.29, 0.717) is 10.6 Å². The Morgan fingerprint density at radius 1 is 1.10 bits per heavy atom. The molecule has 2 amide bonds. The van der Waals surface area contributed by atoms with Gasteiger partial charge in [-0.15, -0.1) is 11.3 Å². The lowest BCUT2D eigenvalue weighted by atomic mass is 10.0. The number of likely N-dealkylation sites (tertiary alicyclic amines) is 1. The highest BCUT2D eigenvalue weighted by atomic mass is 32.1. The van der Waals surface area contributed by atoms with Gasteiger partial charge in [0, 0.05) is 24.4 Å². The number of amides is 2. The monoisotopic (exact) mass is 414 g/mol. The second-order valence-corrected chi connectivity index (χ2v) is 8.06. The zero-order valence-electron chi connectivity index (χ0n) is 16.8. The van der Waals surface area contributed by atoms with Gasteiger partial charge in [0.15, 0.2) is 6.61 Å². The van der Waals surface area contributed by atoms with Gasteiger partial charge in [-0.05, 0) is 37.3 Å². The van der Waals surface area contributed by atoms with Crippen molar-refractivity contribution in [2.24, 2.45) is 0 Å². The molecule has 0 saturated carbocycles. The van der Waals surface area contributed by atoms with E-state index in [2.05, 4.69) is 5.32 Å². The molecular weight excluding hydrogens is 388 g/mol. The van der Waals surface area contributed by atoms with Crippen molar-refractivity contribution >= 4 is 34.1 Å². The van der Waals surface area contributed by atoms with Crippen LogP contribution in [-0.4, -0.2) is 42.4 Å². The molecule has 154 valence electrons. The molecular formula is C22H26N2O4S. The minimum atomic E-state index is -0.444. The largest absolute Gasteiger partial charge is 0.456 e. The number of esters is 1. The molecule has 0 aliphatic carbocycles. The van der Waals surface area contributed by atoms with E-state index in [1.165, 1.54) is 11.3 Å². The van der Waals surface area contributed by atoms with Crippen molar-refractivity contribution in [3.05, 3.63) is 41.5 Å². The molecule has 1 N–H and O–H groups in total. The van der Waals surface area contributed by atoms with Gasteiger partial charge in [0.25, 0.3) is 11.8 Å². The third kappa shape index (κ3) is 5.03. The molecule has 1 saturated heterocycles. The fourth-order valence-electron chi connectivity index (χ4n) is 3.39. The second kappa shape index (κ2) is 9.69. The highest BCUT2D eigenvalue weighted by Gasteiger charge is 2.27. The third-order valence-corrected chi connectivity index (χ3v) is 6.20. The Morgan fingerprint density at radius 3 is 2.45 bits per heavy atom. The fourth-order valence-corrected chi connectivity index (χ4v) is 4.61. The molecule has 2 heterocycles. The first-order chi connectivity index (χ1) is 14.0. The van der Waals surface area contributed by atoms with Crippen LogP contribution >= 0.6 is 11.3 Å². The van der Waals surface area contributed by atoms with Gasteiger partial charge in [-0.1, -0.05) is 37.3 Å². The summed E-state index contributed by atoms with van der Waals surface area (Å²) >= 11 is 1.38. The Labute approximate surface area is 174 Å². The van der Waals surface area contributed by atoms with E-state index in [1.54, 1.807) is 6.92 Å². The first-order valence-electron chi connectivity index (χ1n) is 9.94. The summed E-state index contributed by atoms with van der Waals surface area (Å²) in [6.45, 7) is 4.70. The molecule has 29 heavy (non-hydrogen) atoms. The number of carbonyl (C=O) groups excluding carboxylic acids is 3. The maximum atomic E-state index is 13.3. The lowest BCUT2D eigenvalue weighted by Gasteiger charge is -2.27. The molecule has 0 spiro atoms. The minimum Gasteiger partial charge on any atom is -0.456 e. The number of nitrogens with one attached hydrogen (secondary N) is 1. The predicted molar refractivity (Wildman–Crippen MR) is 114 cm³/mol. The number of piperidine rings is 1. The predicted octanol–water partition coefficient (Wildman–Crippen LogP) is 4.24. The van der Waals surface area contributed by atoms with Crippen molar-refractivity contribution in [2.75, 3.05) is 25.0 Å². The van der Waals surface area contributed by atoms with Gasteiger partial charge in [0.2, 0.25) is 0 Å². The fraction of sp³-hybridized carbons (Fsp3) is 0.409. The SMILES string of the molecule is CCC(=O)OCC(=O)Nc1sc(-c2ccccc2)c(C)c1C(=O)N1CCCCC1. The number of thiophene rings is 1. The highest BCUT2D eigenvalue weighted by Crippen LogP contribution is 2.40. The van der Waals surface area contributed by atoms with E-state index < -0.39 is 11.9 Å². The molecule has 1 aromatic carbocycles. The molecule has 0 unspecified atom stereocenters. The summed E-state index contributed by atoms with van der Waals surface area (Å²) in [7, 11) is 0. The van der Waals surface area contributed by atoms with E-state index in [4.69, 9.17) is 4.74 Å². The zero-order chi connectivity index (χ0) is 20.8. The molecule has 0 atom stereocenters. The topological polar surface area (TPSA) is 75.7 Å². The van der Waals surface area contributed by atoms with Crippen molar-refractivity contribution in [3.8, 4) is 10.4 Å². The number of anilines is 1. The number of ether oxygens (including phenoxy) is 1. The molecule has 0 bridgehead atoms. The summed E-state index contributed by atoms with van der Waals surface area (Å²) in [6.07, 6.45) is 3.33. The number of hydrogen-bond donors (Lipinski definition) is 1. The smallest absolute Gasteiger partial charge is 0.306 e. The zero-order valence-corrected chi connectivity index (χ0v) is 17.6. The van der Waals surface area contributed by atoms with Gasteiger partial charge in [-0.25, -0.2) is 0 Å². The highest BCUT2D eigenvalue weighted by molar-refractivity contribution is 7.20. The van der Waals surface area contributed by atoms with Gasteiger partial charge < -0.3 is 15.0 Å². The van der Waals surface area contributed by atoms with Gasteiger partial charge >= 0.3 is 5.97 Å². The summed E-state index contributed by atoms with van der Waals surface area (Å²) in [4.78, 5) is 39.8. The van der Waals surface area contributed by atoms with Crippen molar-refractivity contribution in [2.45, 2.75) is 39.5 Å². The Kier molecular flexibility index (Phi) is 7.04. The molecule has 3 rings (SSSR count). The van der Waals surface area contributed by atoms with Crippen molar-refractivity contribution in [1.29, 1.82) is 0 Å². The van der Waals surface area contributed by atoms with E-state index >= 15 is 0 Å². The maximum absolute atomic E-state index is 13.3. The lowest BCUT2D eigenvalue weighted by Crippen LogP contribution is -2.36. The summed E-state index contributed by atoms with van der Waals surface area (Å²) < 4.78 is 4.92. The molecule has 1 aliphatic rings. The average molecular weight is 415 g/mol. The van der Waals surface area contributed by atoms with E-state index in [1.807, 2.05) is 42.2 Å². The molecule has 1 aromatic heterocycles. The van der Waals surface area contributed by atoms with Gasteiger partial charge in [-0.3, -0.25) is 14.4 Å². The third-order valence-electron chi connectivity index (χ3n) is 4.95. The van der Waals surface area contributed by atoms with Crippen LogP contribution in [0.25, 0.3) is 10.4 Å². The van der Waals surface area contributed by atoms with Crippen LogP contribution in [0, 0.1) is 6.92 Å². The number of nitrogens with zero attached hydrogens (tertiary/aromatic N) is 1. The number of hydrogen-bond acceptors (Lipinski definition) is 5. The molecule has 2 aromatic rings. The quantitative estimate of drug-likeness (QED) is 0.718. The van der Waals surface area contributed by atoms with Crippen molar-refractivity contribution < 1.29 is 19.1 Å². The first kappa shape index (κ1) is 21.0. The standard InChI is InChI=1S/C22H26N2O4S/c1-3-18(26)28-14-17(25)23-21-19(22(27)24-12-8-5-9-13-24)15(2)20(29-21)16-10-6-4-7-11-16/h4,6-7,10-11H,3,5,8-9,12-14H2,1-2H3,(H,23,25). The average Bonchev–Trinajstić information content (AvgIpc) is 3.08. The number of carbonyl (C=O) groups is 3. The molecule has 1 aliphatic heterocycles. The summed E-state index contributed by atoms with van der Waals surface area (Å²) in [6, 6.07) is 9.81. The minimum absolute atomic E-state index is 0.0542. The number of benzene rings is 1. The molecule has 0 radical (unpaired) electrons. The van der Waals surface area contributed by atoms with E-state index in [-0.39, 0.29) is 18.9 Å². The van der Waals surface area contributed by atoms with Crippen LogP contribution < -0.4 is 5.32 Å². The van der Waals surface area contributed by atoms with E-state index in [0.717, 1.165) is 48.4 Å². The summed E-state index contributed by atoms with van der Waals surface area (Å²) in [5.74, 6) is -0.932. The Hall–Kier alpha value is -2.67. The van der Waals surface area contributed by atoms with Crippen molar-refractivity contribution in [1.82, 2.24) is 4.90 Å². The first-order valence-corrected chi connectivity index (χ1v) is 10.8. The summed E-state index contributed by atoms with van der Waals surface area (Å²) in [5.41, 5.74) is 2.39. The van der Waals surface area contributed by atoms with E-state index in [9.17, 15) is 14.4 Å². The lowest BCUT2D eigenvalue weighted by molar-refractivity contribution is -0.146. The van der Waals surface area contributed by atoms with Crippen LogP contribution in [-0.2, 0) is 14.3 Å². The Bertz CT molecular complexity index is 886. The van der Waals surface area contributed by atoms with Crippen LogP contribution in [0.1, 0.15) is 48.5 Å². The van der Waals surface area contributed by atoms with Gasteiger partial charge in [0.1, 0.15) is 5.00 Å². The number of rotatable bonds is 6. The van der Waals surface area contributed by atoms with Crippen LogP contribution in [0.5, 0.6) is 0 Å². The Balaban J connectivity index is 1.91. The molecule has 1 fully saturated rings. The second-order valence-electron chi connectivity index (χ2n) is 7.04. The van der Waals surface area contributed by atoms with Crippen LogP contribution in [0.4, 0.5) is 5.00 Å². The normalized spacial score (nSPS) is 13.8. The van der Waals surface area contributed by atoms with Crippen LogP contribution in [0.15, 0.2) is 30.3 Å². The van der Waals surface area contributed by atoms with Gasteiger partial charge in [0.05, 0.1) is 5.56 Å².